The SMILES string of the molecule is Cc1ccc(-c2c/c(=N\Nc3ccccc3)c3c(C)cc(C)cc3o2)cc1. The van der Waals surface area contributed by atoms with Gasteiger partial charge in [-0.05, 0) is 50.1 Å². The Labute approximate surface area is 159 Å². The minimum atomic E-state index is 0.807. The molecule has 0 atom stereocenters. The zero-order valence-corrected chi connectivity index (χ0v) is 15.8. The van der Waals surface area contributed by atoms with E-state index in [2.05, 4.69) is 67.7 Å². The lowest BCUT2D eigenvalue weighted by Crippen LogP contribution is -2.09. The molecule has 0 saturated heterocycles. The molecule has 0 saturated carbocycles. The van der Waals surface area contributed by atoms with Crippen LogP contribution in [0.3, 0.4) is 0 Å². The molecular formula is C24H22N2O. The number of hydrogen-bond donors (Lipinski definition) is 1. The number of anilines is 1. The Morgan fingerprint density at radius 3 is 2.26 bits per heavy atom. The summed E-state index contributed by atoms with van der Waals surface area (Å²) >= 11 is 0. The fourth-order valence-electron chi connectivity index (χ4n) is 3.27. The fourth-order valence-corrected chi connectivity index (χ4v) is 3.27. The largest absolute Gasteiger partial charge is 0.456 e. The zero-order valence-electron chi connectivity index (χ0n) is 15.8. The summed E-state index contributed by atoms with van der Waals surface area (Å²) in [6.45, 7) is 6.26. The van der Waals surface area contributed by atoms with Crippen molar-refractivity contribution in [2.45, 2.75) is 20.8 Å². The maximum atomic E-state index is 6.25. The Morgan fingerprint density at radius 1 is 0.778 bits per heavy atom. The first-order valence-corrected chi connectivity index (χ1v) is 9.07. The van der Waals surface area contributed by atoms with E-state index in [1.807, 2.05) is 36.4 Å². The van der Waals surface area contributed by atoms with Crippen molar-refractivity contribution in [2.75, 3.05) is 5.43 Å². The lowest BCUT2D eigenvalue weighted by molar-refractivity contribution is 0.617. The summed E-state index contributed by atoms with van der Waals surface area (Å²) in [5.74, 6) is 0.807. The molecule has 3 aromatic carbocycles. The second-order valence-electron chi connectivity index (χ2n) is 6.91. The summed E-state index contributed by atoms with van der Waals surface area (Å²) in [6, 6.07) is 24.5. The molecule has 4 rings (SSSR count). The molecule has 0 bridgehead atoms. The van der Waals surface area contributed by atoms with Gasteiger partial charge in [0.1, 0.15) is 11.3 Å². The molecule has 134 valence electrons. The quantitative estimate of drug-likeness (QED) is 0.461. The molecule has 0 spiro atoms. The summed E-state index contributed by atoms with van der Waals surface area (Å²) in [6.07, 6.45) is 0. The van der Waals surface area contributed by atoms with Crippen LogP contribution in [0.2, 0.25) is 0 Å². The Kier molecular flexibility index (Phi) is 4.51. The second-order valence-corrected chi connectivity index (χ2v) is 6.91. The fraction of sp³-hybridized carbons (Fsp3) is 0.125. The predicted octanol–water partition coefficient (Wildman–Crippen LogP) is 5.95. The van der Waals surface area contributed by atoms with E-state index in [4.69, 9.17) is 4.42 Å². The van der Waals surface area contributed by atoms with Gasteiger partial charge in [0.2, 0.25) is 0 Å². The van der Waals surface area contributed by atoms with E-state index in [9.17, 15) is 0 Å². The maximum absolute atomic E-state index is 6.25. The number of nitrogens with one attached hydrogen (secondary N) is 1. The molecule has 0 aliphatic carbocycles. The number of aryl methyl sites for hydroxylation is 3. The number of fused-ring (bicyclic) bond motifs is 1. The van der Waals surface area contributed by atoms with Crippen molar-refractivity contribution in [2.24, 2.45) is 5.10 Å². The average molecular weight is 354 g/mol. The van der Waals surface area contributed by atoms with Crippen LogP contribution < -0.4 is 10.8 Å². The van der Waals surface area contributed by atoms with E-state index in [-0.39, 0.29) is 0 Å². The van der Waals surface area contributed by atoms with E-state index in [0.717, 1.165) is 38.9 Å². The molecule has 0 amide bonds. The van der Waals surface area contributed by atoms with Crippen molar-refractivity contribution in [3.8, 4) is 11.3 Å². The molecular weight excluding hydrogens is 332 g/mol. The summed E-state index contributed by atoms with van der Waals surface area (Å²) in [4.78, 5) is 0. The van der Waals surface area contributed by atoms with E-state index in [0.29, 0.717) is 0 Å². The van der Waals surface area contributed by atoms with Crippen LogP contribution in [-0.2, 0) is 0 Å². The summed E-state index contributed by atoms with van der Waals surface area (Å²) in [5, 5.41) is 6.59. The third kappa shape index (κ3) is 3.63. The van der Waals surface area contributed by atoms with Crippen LogP contribution in [0.4, 0.5) is 5.69 Å². The van der Waals surface area contributed by atoms with Crippen molar-refractivity contribution in [3.05, 3.63) is 94.8 Å². The molecule has 0 aliphatic heterocycles. The molecule has 0 aliphatic rings. The van der Waals surface area contributed by atoms with Crippen molar-refractivity contribution in [1.29, 1.82) is 0 Å². The summed E-state index contributed by atoms with van der Waals surface area (Å²) in [5.41, 5.74) is 9.55. The first-order chi connectivity index (χ1) is 13.1. The van der Waals surface area contributed by atoms with Crippen LogP contribution in [0.15, 0.2) is 82.3 Å². The van der Waals surface area contributed by atoms with Gasteiger partial charge in [-0.1, -0.05) is 54.1 Å². The number of para-hydroxylation sites is 1. The van der Waals surface area contributed by atoms with Crippen molar-refractivity contribution in [1.82, 2.24) is 0 Å². The standard InChI is InChI=1S/C24H22N2O/c1-16-9-11-19(12-10-16)22-15-21(26-25-20-7-5-4-6-8-20)24-18(3)13-17(2)14-23(24)27-22/h4-15,25H,1-3H3/b26-21+. The van der Waals surface area contributed by atoms with E-state index < -0.39 is 0 Å². The van der Waals surface area contributed by atoms with Crippen molar-refractivity contribution in [3.63, 3.8) is 0 Å². The highest BCUT2D eigenvalue weighted by molar-refractivity contribution is 5.82. The molecule has 1 aromatic heterocycles. The topological polar surface area (TPSA) is 37.5 Å². The van der Waals surface area contributed by atoms with Gasteiger partial charge in [-0.15, -0.1) is 0 Å². The molecule has 0 radical (unpaired) electrons. The number of hydrogen-bond acceptors (Lipinski definition) is 3. The Bertz CT molecular complexity index is 1160. The van der Waals surface area contributed by atoms with E-state index in [1.165, 1.54) is 11.1 Å². The minimum absolute atomic E-state index is 0.807. The smallest absolute Gasteiger partial charge is 0.137 e. The van der Waals surface area contributed by atoms with E-state index in [1.54, 1.807) is 0 Å². The van der Waals surface area contributed by atoms with Gasteiger partial charge in [0.25, 0.3) is 0 Å². The maximum Gasteiger partial charge on any atom is 0.137 e. The van der Waals surface area contributed by atoms with Crippen LogP contribution in [-0.4, -0.2) is 0 Å². The minimum Gasteiger partial charge on any atom is -0.456 e. The molecule has 3 heteroatoms. The highest BCUT2D eigenvalue weighted by Gasteiger charge is 2.09. The Balaban J connectivity index is 1.93. The predicted molar refractivity (Wildman–Crippen MR) is 111 cm³/mol. The highest BCUT2D eigenvalue weighted by Crippen LogP contribution is 2.25. The van der Waals surface area contributed by atoms with Gasteiger partial charge in [0.15, 0.2) is 0 Å². The third-order valence-electron chi connectivity index (χ3n) is 4.60. The van der Waals surface area contributed by atoms with Gasteiger partial charge >= 0.3 is 0 Å². The highest BCUT2D eigenvalue weighted by atomic mass is 16.3. The average Bonchev–Trinajstić information content (AvgIpc) is 2.67. The van der Waals surface area contributed by atoms with Gasteiger partial charge in [0, 0.05) is 17.0 Å². The van der Waals surface area contributed by atoms with Gasteiger partial charge in [0.05, 0.1) is 11.0 Å². The van der Waals surface area contributed by atoms with Gasteiger partial charge in [-0.3, -0.25) is 5.43 Å². The molecule has 27 heavy (non-hydrogen) atoms. The second kappa shape index (κ2) is 7.12. The first kappa shape index (κ1) is 17.1. The first-order valence-electron chi connectivity index (χ1n) is 9.07. The summed E-state index contributed by atoms with van der Waals surface area (Å²) < 4.78 is 6.25. The number of nitrogens with zero attached hydrogens (tertiary/aromatic N) is 1. The Morgan fingerprint density at radius 2 is 1.52 bits per heavy atom. The monoisotopic (exact) mass is 354 g/mol. The van der Waals surface area contributed by atoms with Crippen molar-refractivity contribution < 1.29 is 4.42 Å². The van der Waals surface area contributed by atoms with Crippen LogP contribution in [0, 0.1) is 20.8 Å². The number of benzene rings is 3. The van der Waals surface area contributed by atoms with Crippen molar-refractivity contribution >= 4 is 16.7 Å². The molecule has 0 fully saturated rings. The summed E-state index contributed by atoms with van der Waals surface area (Å²) in [7, 11) is 0. The zero-order chi connectivity index (χ0) is 18.8. The normalized spacial score (nSPS) is 11.7. The lowest BCUT2D eigenvalue weighted by Gasteiger charge is -2.09. The lowest BCUT2D eigenvalue weighted by atomic mass is 10.0. The molecule has 4 aromatic rings. The molecule has 3 nitrogen and oxygen atoms in total. The van der Waals surface area contributed by atoms with Gasteiger partial charge in [-0.25, -0.2) is 0 Å². The molecule has 1 heterocycles. The van der Waals surface area contributed by atoms with Crippen LogP contribution in [0.5, 0.6) is 0 Å². The van der Waals surface area contributed by atoms with Crippen LogP contribution >= 0.6 is 0 Å². The van der Waals surface area contributed by atoms with Crippen LogP contribution in [0.25, 0.3) is 22.3 Å². The third-order valence-corrected chi connectivity index (χ3v) is 4.60. The Hall–Kier alpha value is -3.33. The molecule has 0 unspecified atom stereocenters. The van der Waals surface area contributed by atoms with Gasteiger partial charge < -0.3 is 4.42 Å². The van der Waals surface area contributed by atoms with Crippen LogP contribution in [0.1, 0.15) is 16.7 Å². The van der Waals surface area contributed by atoms with Gasteiger partial charge in [-0.2, -0.15) is 5.10 Å². The molecule has 1 N–H and O–H groups in total. The number of rotatable bonds is 3. The van der Waals surface area contributed by atoms with E-state index >= 15 is 0 Å².